The molecule has 9 heteroatoms. The molecule has 1 aromatic carbocycles. The van der Waals surface area contributed by atoms with Crippen LogP contribution in [0.1, 0.15) is 43.5 Å². The van der Waals surface area contributed by atoms with Crippen molar-refractivity contribution in [2.45, 2.75) is 44.0 Å². The van der Waals surface area contributed by atoms with Gasteiger partial charge in [0, 0.05) is 26.2 Å². The van der Waals surface area contributed by atoms with Crippen LogP contribution in [0.2, 0.25) is 0 Å². The Morgan fingerprint density at radius 3 is 2.44 bits per heavy atom. The van der Waals surface area contributed by atoms with Crippen LogP contribution in [0.4, 0.5) is 4.39 Å². The zero-order valence-electron chi connectivity index (χ0n) is 15.8. The van der Waals surface area contributed by atoms with Gasteiger partial charge in [-0.25, -0.2) is 17.6 Å². The quantitative estimate of drug-likeness (QED) is 0.682. The van der Waals surface area contributed by atoms with Gasteiger partial charge >= 0.3 is 5.97 Å². The van der Waals surface area contributed by atoms with Crippen molar-refractivity contribution in [1.82, 2.24) is 9.21 Å². The molecule has 0 bridgehead atoms. The van der Waals surface area contributed by atoms with Gasteiger partial charge in [0.1, 0.15) is 10.7 Å². The van der Waals surface area contributed by atoms with E-state index in [-0.39, 0.29) is 17.5 Å². The van der Waals surface area contributed by atoms with Crippen LogP contribution in [0.3, 0.4) is 0 Å². The molecule has 1 fully saturated rings. The molecule has 0 saturated carbocycles. The normalized spacial score (nSPS) is 15.6. The molecule has 1 aromatic rings. The average molecular weight is 400 g/mol. The molecule has 1 saturated heterocycles. The molecule has 0 atom stereocenters. The van der Waals surface area contributed by atoms with Gasteiger partial charge in [-0.05, 0) is 44.9 Å². The lowest BCUT2D eigenvalue weighted by Gasteiger charge is -2.26. The number of likely N-dealkylation sites (N-methyl/N-ethyl adjacent to an activating group) is 1. The lowest BCUT2D eigenvalue weighted by atomic mass is 10.2. The molecule has 0 N–H and O–H groups in total. The minimum absolute atomic E-state index is 0.0525. The third kappa shape index (κ3) is 5.04. The summed E-state index contributed by atoms with van der Waals surface area (Å²) in [4.78, 5) is 24.9. The summed E-state index contributed by atoms with van der Waals surface area (Å²) in [7, 11) is -2.44. The Balaban J connectivity index is 2.16. The van der Waals surface area contributed by atoms with Gasteiger partial charge in [0.25, 0.3) is 5.91 Å². The monoisotopic (exact) mass is 400 g/mol. The van der Waals surface area contributed by atoms with Gasteiger partial charge in [-0.15, -0.1) is 0 Å². The zero-order chi connectivity index (χ0) is 20.2. The molecule has 0 aliphatic carbocycles. The van der Waals surface area contributed by atoms with Crippen molar-refractivity contribution in [2.24, 2.45) is 0 Å². The van der Waals surface area contributed by atoms with Gasteiger partial charge in [-0.1, -0.05) is 6.42 Å². The maximum Gasteiger partial charge on any atom is 0.338 e. The van der Waals surface area contributed by atoms with Crippen LogP contribution in [0.5, 0.6) is 0 Å². The number of hydrogen-bond donors (Lipinski definition) is 0. The predicted octanol–water partition coefficient (Wildman–Crippen LogP) is 2.02. The van der Waals surface area contributed by atoms with E-state index >= 15 is 0 Å². The number of amides is 1. The number of carbonyl (C=O) groups is 2. The van der Waals surface area contributed by atoms with Crippen LogP contribution in [-0.2, 0) is 19.6 Å². The molecule has 27 heavy (non-hydrogen) atoms. The summed E-state index contributed by atoms with van der Waals surface area (Å²) in [5.41, 5.74) is -0.119. The molecule has 1 amide bonds. The first kappa shape index (κ1) is 21.3. The number of hydrogen-bond acceptors (Lipinski definition) is 5. The highest BCUT2D eigenvalue weighted by molar-refractivity contribution is 7.89. The number of carbonyl (C=O) groups excluding carboxylic acids is 2. The van der Waals surface area contributed by atoms with E-state index in [2.05, 4.69) is 0 Å². The first-order valence-corrected chi connectivity index (χ1v) is 10.3. The Hall–Kier alpha value is -2.00. The van der Waals surface area contributed by atoms with Crippen LogP contribution < -0.4 is 0 Å². The average Bonchev–Trinajstić information content (AvgIpc) is 2.65. The van der Waals surface area contributed by atoms with Gasteiger partial charge in [-0.2, -0.15) is 4.31 Å². The second-order valence-electron chi connectivity index (χ2n) is 6.78. The molecule has 150 valence electrons. The van der Waals surface area contributed by atoms with E-state index in [0.29, 0.717) is 25.9 Å². The van der Waals surface area contributed by atoms with Gasteiger partial charge in [0.2, 0.25) is 10.0 Å². The van der Waals surface area contributed by atoms with Crippen LogP contribution >= 0.6 is 0 Å². The van der Waals surface area contributed by atoms with Crippen LogP contribution in [0.25, 0.3) is 0 Å². The van der Waals surface area contributed by atoms with Crippen molar-refractivity contribution in [3.8, 4) is 0 Å². The van der Waals surface area contributed by atoms with E-state index in [1.807, 2.05) is 13.8 Å². The lowest BCUT2D eigenvalue weighted by molar-refractivity contribution is -0.134. The van der Waals surface area contributed by atoms with Crippen LogP contribution in [0, 0.1) is 5.82 Å². The summed E-state index contributed by atoms with van der Waals surface area (Å²) in [5, 5.41) is 0. The third-order valence-corrected chi connectivity index (χ3v) is 6.51. The Labute approximate surface area is 159 Å². The lowest BCUT2D eigenvalue weighted by Crippen LogP contribution is -2.36. The maximum atomic E-state index is 14.2. The molecule has 1 aliphatic heterocycles. The fourth-order valence-corrected chi connectivity index (χ4v) is 4.28. The van der Waals surface area contributed by atoms with Crippen LogP contribution in [-0.4, -0.2) is 62.3 Å². The molecule has 0 spiro atoms. The topological polar surface area (TPSA) is 84.0 Å². The third-order valence-electron chi connectivity index (χ3n) is 4.59. The minimum Gasteiger partial charge on any atom is -0.452 e. The molecule has 0 radical (unpaired) electrons. The van der Waals surface area contributed by atoms with E-state index in [4.69, 9.17) is 4.74 Å². The molecule has 1 aliphatic rings. The van der Waals surface area contributed by atoms with Crippen molar-refractivity contribution in [2.75, 3.05) is 26.7 Å². The molecule has 0 aromatic heterocycles. The zero-order valence-corrected chi connectivity index (χ0v) is 16.6. The predicted molar refractivity (Wildman–Crippen MR) is 97.2 cm³/mol. The molecule has 0 unspecified atom stereocenters. The van der Waals surface area contributed by atoms with Gasteiger partial charge < -0.3 is 9.64 Å². The number of halogens is 1. The largest absolute Gasteiger partial charge is 0.452 e. The Kier molecular flexibility index (Phi) is 6.94. The summed E-state index contributed by atoms with van der Waals surface area (Å²) >= 11 is 0. The van der Waals surface area contributed by atoms with Crippen molar-refractivity contribution in [3.05, 3.63) is 29.6 Å². The summed E-state index contributed by atoms with van der Waals surface area (Å²) in [5.74, 6) is -2.19. The number of esters is 1. The SMILES string of the molecule is CC(C)N(C)C(=O)COC(=O)c1ccc(F)c(S(=O)(=O)N2CCCCC2)c1. The van der Waals surface area contributed by atoms with E-state index in [0.717, 1.165) is 24.6 Å². The summed E-state index contributed by atoms with van der Waals surface area (Å²) in [6, 6.07) is 2.99. The standard InChI is InChI=1S/C18H25FN2O5S/c1-13(2)20(3)17(22)12-26-18(23)14-7-8-15(19)16(11-14)27(24,25)21-9-5-4-6-10-21/h7-8,11,13H,4-6,9-10,12H2,1-3H3. The molecule has 7 nitrogen and oxygen atoms in total. The number of piperidine rings is 1. The molecular weight excluding hydrogens is 375 g/mol. The number of nitrogens with zero attached hydrogens (tertiary/aromatic N) is 2. The maximum absolute atomic E-state index is 14.2. The fraction of sp³-hybridized carbons (Fsp3) is 0.556. The van der Waals surface area contributed by atoms with Gasteiger partial charge in [0.05, 0.1) is 5.56 Å². The van der Waals surface area contributed by atoms with E-state index in [9.17, 15) is 22.4 Å². The number of ether oxygens (including phenoxy) is 1. The smallest absolute Gasteiger partial charge is 0.338 e. The Bertz CT molecular complexity index is 804. The van der Waals surface area contributed by atoms with Crippen LogP contribution in [0.15, 0.2) is 23.1 Å². The van der Waals surface area contributed by atoms with Crippen molar-refractivity contribution in [3.63, 3.8) is 0 Å². The highest BCUT2D eigenvalue weighted by Crippen LogP contribution is 2.24. The second kappa shape index (κ2) is 8.79. The summed E-state index contributed by atoms with van der Waals surface area (Å²) in [6.07, 6.45) is 2.36. The molecular formula is C18H25FN2O5S. The Morgan fingerprint density at radius 2 is 1.85 bits per heavy atom. The highest BCUT2D eigenvalue weighted by Gasteiger charge is 2.29. The van der Waals surface area contributed by atoms with Crippen molar-refractivity contribution >= 4 is 21.9 Å². The number of rotatable bonds is 6. The highest BCUT2D eigenvalue weighted by atomic mass is 32.2. The number of sulfonamides is 1. The first-order valence-electron chi connectivity index (χ1n) is 8.87. The molecule has 2 rings (SSSR count). The first-order chi connectivity index (χ1) is 12.6. The van der Waals surface area contributed by atoms with E-state index in [1.165, 1.54) is 9.21 Å². The summed E-state index contributed by atoms with van der Waals surface area (Å²) in [6.45, 7) is 3.81. The van der Waals surface area contributed by atoms with Gasteiger partial charge in [-0.3, -0.25) is 4.79 Å². The number of benzene rings is 1. The van der Waals surface area contributed by atoms with E-state index < -0.39 is 33.3 Å². The Morgan fingerprint density at radius 1 is 1.22 bits per heavy atom. The van der Waals surface area contributed by atoms with Gasteiger partial charge in [0.15, 0.2) is 6.61 Å². The van der Waals surface area contributed by atoms with Crippen molar-refractivity contribution in [1.29, 1.82) is 0 Å². The summed E-state index contributed by atoms with van der Waals surface area (Å²) < 4.78 is 45.7. The fourth-order valence-electron chi connectivity index (χ4n) is 2.67. The van der Waals surface area contributed by atoms with Crippen molar-refractivity contribution < 1.29 is 27.1 Å². The molecule has 1 heterocycles. The minimum atomic E-state index is -4.03. The van der Waals surface area contributed by atoms with E-state index in [1.54, 1.807) is 7.05 Å². The second-order valence-corrected chi connectivity index (χ2v) is 8.69.